The molecule has 0 radical (unpaired) electrons. The van der Waals surface area contributed by atoms with E-state index in [4.69, 9.17) is 4.74 Å². The fourth-order valence-corrected chi connectivity index (χ4v) is 3.01. The number of carbonyl (C=O) groups excluding carboxylic acids is 1. The van der Waals surface area contributed by atoms with E-state index in [-0.39, 0.29) is 11.7 Å². The van der Waals surface area contributed by atoms with Crippen LogP contribution in [-0.2, 0) is 6.61 Å². The van der Waals surface area contributed by atoms with Crippen LogP contribution in [0.4, 0.5) is 4.39 Å². The molecular weight excluding hydrogens is 339 g/mol. The van der Waals surface area contributed by atoms with Crippen LogP contribution in [0.25, 0.3) is 10.6 Å². The summed E-state index contributed by atoms with van der Waals surface area (Å²) < 4.78 is 18.6. The Bertz CT molecular complexity index is 845. The normalized spacial score (nSPS) is 10.5. The van der Waals surface area contributed by atoms with Gasteiger partial charge in [-0.1, -0.05) is 12.1 Å². The van der Waals surface area contributed by atoms with Gasteiger partial charge in [-0.3, -0.25) is 4.79 Å². The number of amides is 1. The number of benzene rings is 2. The molecule has 128 valence electrons. The van der Waals surface area contributed by atoms with Gasteiger partial charge in [0.15, 0.2) is 0 Å². The first-order valence-corrected chi connectivity index (χ1v) is 8.75. The molecule has 0 fully saturated rings. The summed E-state index contributed by atoms with van der Waals surface area (Å²) >= 11 is 1.43. The molecule has 0 atom stereocenters. The summed E-state index contributed by atoms with van der Waals surface area (Å²) in [5.74, 6) is 0.293. The Morgan fingerprint density at radius 3 is 2.56 bits per heavy atom. The monoisotopic (exact) mass is 356 g/mol. The average molecular weight is 356 g/mol. The molecule has 1 amide bonds. The Hall–Kier alpha value is -2.73. The molecule has 0 saturated heterocycles. The number of halogens is 1. The zero-order valence-electron chi connectivity index (χ0n) is 13.7. The number of aromatic nitrogens is 1. The van der Waals surface area contributed by atoms with Crippen molar-refractivity contribution in [1.29, 1.82) is 0 Å². The molecule has 1 aromatic heterocycles. The van der Waals surface area contributed by atoms with Gasteiger partial charge in [0, 0.05) is 17.5 Å². The SMILES string of the molecule is CCNC(=O)c1csc(-c2ccc(OCc3ccc(F)cc3)cc2)n1. The summed E-state index contributed by atoms with van der Waals surface area (Å²) in [6.07, 6.45) is 0. The number of hydrogen-bond donors (Lipinski definition) is 1. The molecule has 6 heteroatoms. The predicted molar refractivity (Wildman–Crippen MR) is 96.3 cm³/mol. The standard InChI is InChI=1S/C19H17FN2O2S/c1-2-21-18(23)17-12-25-19(22-17)14-5-9-16(10-6-14)24-11-13-3-7-15(20)8-4-13/h3-10,12H,2,11H2,1H3,(H,21,23). The van der Waals surface area contributed by atoms with Gasteiger partial charge in [0.05, 0.1) is 0 Å². The van der Waals surface area contributed by atoms with Crippen LogP contribution in [0.3, 0.4) is 0 Å². The zero-order chi connectivity index (χ0) is 17.6. The van der Waals surface area contributed by atoms with Crippen LogP contribution < -0.4 is 10.1 Å². The number of carbonyl (C=O) groups is 1. The van der Waals surface area contributed by atoms with Gasteiger partial charge in [-0.25, -0.2) is 9.37 Å². The van der Waals surface area contributed by atoms with Crippen molar-refractivity contribution in [2.75, 3.05) is 6.54 Å². The number of nitrogens with one attached hydrogen (secondary N) is 1. The fourth-order valence-electron chi connectivity index (χ4n) is 2.20. The Morgan fingerprint density at radius 2 is 1.88 bits per heavy atom. The fraction of sp³-hybridized carbons (Fsp3) is 0.158. The van der Waals surface area contributed by atoms with Crippen LogP contribution >= 0.6 is 11.3 Å². The molecular formula is C19H17FN2O2S. The van der Waals surface area contributed by atoms with Crippen molar-refractivity contribution < 1.29 is 13.9 Å². The molecule has 0 aliphatic heterocycles. The second-order valence-electron chi connectivity index (χ2n) is 5.34. The molecule has 1 heterocycles. The maximum Gasteiger partial charge on any atom is 0.270 e. The minimum absolute atomic E-state index is 0.163. The van der Waals surface area contributed by atoms with E-state index in [1.807, 2.05) is 31.2 Å². The van der Waals surface area contributed by atoms with E-state index in [0.717, 1.165) is 16.1 Å². The van der Waals surface area contributed by atoms with Crippen molar-refractivity contribution >= 4 is 17.2 Å². The Kier molecular flexibility index (Phi) is 5.40. The molecule has 0 aliphatic carbocycles. The largest absolute Gasteiger partial charge is 0.489 e. The van der Waals surface area contributed by atoms with Crippen LogP contribution in [0.2, 0.25) is 0 Å². The molecule has 1 N–H and O–H groups in total. The van der Waals surface area contributed by atoms with Gasteiger partial charge in [0.2, 0.25) is 0 Å². The number of thiazole rings is 1. The van der Waals surface area contributed by atoms with E-state index in [1.54, 1.807) is 17.5 Å². The summed E-state index contributed by atoms with van der Waals surface area (Å²) in [4.78, 5) is 16.1. The second-order valence-corrected chi connectivity index (χ2v) is 6.19. The lowest BCUT2D eigenvalue weighted by atomic mass is 10.2. The van der Waals surface area contributed by atoms with Crippen LogP contribution in [0, 0.1) is 5.82 Å². The van der Waals surface area contributed by atoms with Crippen molar-refractivity contribution in [2.24, 2.45) is 0 Å². The first kappa shape index (κ1) is 17.1. The topological polar surface area (TPSA) is 51.2 Å². The highest BCUT2D eigenvalue weighted by atomic mass is 32.1. The van der Waals surface area contributed by atoms with Gasteiger partial charge >= 0.3 is 0 Å². The molecule has 25 heavy (non-hydrogen) atoms. The molecule has 3 rings (SSSR count). The number of hydrogen-bond acceptors (Lipinski definition) is 4. The van der Waals surface area contributed by atoms with Crippen molar-refractivity contribution in [3.05, 3.63) is 71.0 Å². The Morgan fingerprint density at radius 1 is 1.16 bits per heavy atom. The Labute approximate surface area is 149 Å². The third kappa shape index (κ3) is 4.42. The lowest BCUT2D eigenvalue weighted by molar-refractivity contribution is 0.0951. The van der Waals surface area contributed by atoms with Gasteiger partial charge in [-0.05, 0) is 48.9 Å². The van der Waals surface area contributed by atoms with Crippen molar-refractivity contribution in [3.63, 3.8) is 0 Å². The van der Waals surface area contributed by atoms with E-state index in [1.165, 1.54) is 23.5 Å². The first-order valence-electron chi connectivity index (χ1n) is 7.87. The minimum Gasteiger partial charge on any atom is -0.489 e. The summed E-state index contributed by atoms with van der Waals surface area (Å²) in [7, 11) is 0. The highest BCUT2D eigenvalue weighted by Crippen LogP contribution is 2.26. The minimum atomic E-state index is -0.261. The van der Waals surface area contributed by atoms with Gasteiger partial charge in [0.25, 0.3) is 5.91 Å². The van der Waals surface area contributed by atoms with E-state index >= 15 is 0 Å². The Balaban J connectivity index is 1.64. The molecule has 3 aromatic rings. The summed E-state index contributed by atoms with van der Waals surface area (Å²) in [5.41, 5.74) is 2.25. The summed E-state index contributed by atoms with van der Waals surface area (Å²) in [6, 6.07) is 13.7. The van der Waals surface area contributed by atoms with Crippen LogP contribution in [0.15, 0.2) is 53.9 Å². The summed E-state index contributed by atoms with van der Waals surface area (Å²) in [5, 5.41) is 5.27. The number of ether oxygens (including phenoxy) is 1. The second kappa shape index (κ2) is 7.90. The van der Waals surface area contributed by atoms with Gasteiger partial charge in [-0.15, -0.1) is 11.3 Å². The molecule has 0 saturated carbocycles. The van der Waals surface area contributed by atoms with Crippen LogP contribution in [-0.4, -0.2) is 17.4 Å². The third-order valence-electron chi connectivity index (χ3n) is 3.49. The lowest BCUT2D eigenvalue weighted by Gasteiger charge is -2.07. The van der Waals surface area contributed by atoms with E-state index in [9.17, 15) is 9.18 Å². The smallest absolute Gasteiger partial charge is 0.270 e. The molecule has 0 unspecified atom stereocenters. The maximum absolute atomic E-state index is 12.9. The van der Waals surface area contributed by atoms with Crippen LogP contribution in [0.5, 0.6) is 5.75 Å². The van der Waals surface area contributed by atoms with Crippen molar-refractivity contribution in [2.45, 2.75) is 13.5 Å². The molecule has 0 spiro atoms. The third-order valence-corrected chi connectivity index (χ3v) is 4.39. The maximum atomic E-state index is 12.9. The van der Waals surface area contributed by atoms with Gasteiger partial charge in [-0.2, -0.15) is 0 Å². The quantitative estimate of drug-likeness (QED) is 0.717. The van der Waals surface area contributed by atoms with E-state index < -0.39 is 0 Å². The highest BCUT2D eigenvalue weighted by molar-refractivity contribution is 7.13. The van der Waals surface area contributed by atoms with E-state index in [2.05, 4.69) is 10.3 Å². The molecule has 2 aromatic carbocycles. The van der Waals surface area contributed by atoms with Gasteiger partial charge in [0.1, 0.15) is 28.9 Å². The number of rotatable bonds is 6. The number of nitrogens with zero attached hydrogens (tertiary/aromatic N) is 1. The molecule has 0 bridgehead atoms. The molecule has 0 aliphatic rings. The van der Waals surface area contributed by atoms with Crippen LogP contribution in [0.1, 0.15) is 23.0 Å². The average Bonchev–Trinajstić information content (AvgIpc) is 3.12. The summed E-state index contributed by atoms with van der Waals surface area (Å²) in [6.45, 7) is 2.82. The zero-order valence-corrected chi connectivity index (χ0v) is 14.5. The first-order chi connectivity index (χ1) is 12.2. The highest BCUT2D eigenvalue weighted by Gasteiger charge is 2.11. The van der Waals surface area contributed by atoms with Crippen molar-refractivity contribution in [1.82, 2.24) is 10.3 Å². The molecule has 4 nitrogen and oxygen atoms in total. The van der Waals surface area contributed by atoms with E-state index in [0.29, 0.717) is 24.6 Å². The van der Waals surface area contributed by atoms with Gasteiger partial charge < -0.3 is 10.1 Å². The lowest BCUT2D eigenvalue weighted by Crippen LogP contribution is -2.22. The van der Waals surface area contributed by atoms with Crippen molar-refractivity contribution in [3.8, 4) is 16.3 Å². The predicted octanol–water partition coefficient (Wildman–Crippen LogP) is 4.28.